The van der Waals surface area contributed by atoms with E-state index in [2.05, 4.69) is 16.9 Å². The van der Waals surface area contributed by atoms with Crippen LogP contribution in [0.2, 0.25) is 0 Å². The molecule has 0 saturated heterocycles. The third-order valence-corrected chi connectivity index (χ3v) is 2.57. The van der Waals surface area contributed by atoms with Gasteiger partial charge in [0.25, 0.3) is 0 Å². The lowest BCUT2D eigenvalue weighted by atomic mass is 10.2. The molecular weight excluding hydrogens is 184 g/mol. The highest BCUT2D eigenvalue weighted by Gasteiger charge is 2.08. The standard InChI is InChI=1S/C10H11ClN2/c1-7(6-11)10-12-8-4-2-3-5-9(8)13-10/h2-5,7H,6H2,1H3,(H,12,13). The molecule has 0 spiro atoms. The number of hydrogen-bond donors (Lipinski definition) is 1. The van der Waals surface area contributed by atoms with E-state index in [1.54, 1.807) is 0 Å². The molecule has 2 nitrogen and oxygen atoms in total. The number of alkyl halides is 1. The highest BCUT2D eigenvalue weighted by molar-refractivity contribution is 6.18. The number of aromatic nitrogens is 2. The van der Waals surface area contributed by atoms with Gasteiger partial charge in [0.05, 0.1) is 11.0 Å². The lowest BCUT2D eigenvalue weighted by Crippen LogP contribution is -1.96. The van der Waals surface area contributed by atoms with Crippen LogP contribution in [0.25, 0.3) is 11.0 Å². The summed E-state index contributed by atoms with van der Waals surface area (Å²) in [5, 5.41) is 0. The minimum atomic E-state index is 0.286. The zero-order chi connectivity index (χ0) is 9.26. The Bertz CT molecular complexity index is 375. The molecular formula is C10H11ClN2. The molecule has 0 saturated carbocycles. The molecule has 1 aromatic heterocycles. The van der Waals surface area contributed by atoms with E-state index in [9.17, 15) is 0 Å². The quantitative estimate of drug-likeness (QED) is 0.732. The Morgan fingerprint density at radius 1 is 1.46 bits per heavy atom. The molecule has 1 N–H and O–H groups in total. The highest BCUT2D eigenvalue weighted by atomic mass is 35.5. The van der Waals surface area contributed by atoms with E-state index in [-0.39, 0.29) is 5.92 Å². The van der Waals surface area contributed by atoms with Gasteiger partial charge in [-0.1, -0.05) is 19.1 Å². The first-order valence-electron chi connectivity index (χ1n) is 4.32. The maximum atomic E-state index is 5.75. The number of aromatic amines is 1. The van der Waals surface area contributed by atoms with E-state index in [1.807, 2.05) is 24.3 Å². The Morgan fingerprint density at radius 2 is 2.23 bits per heavy atom. The van der Waals surface area contributed by atoms with Gasteiger partial charge in [0.1, 0.15) is 5.82 Å². The number of nitrogens with zero attached hydrogens (tertiary/aromatic N) is 1. The van der Waals surface area contributed by atoms with E-state index in [4.69, 9.17) is 11.6 Å². The van der Waals surface area contributed by atoms with Crippen LogP contribution in [-0.2, 0) is 0 Å². The number of benzene rings is 1. The Hall–Kier alpha value is -1.02. The number of rotatable bonds is 2. The molecule has 0 aliphatic carbocycles. The number of hydrogen-bond acceptors (Lipinski definition) is 1. The Balaban J connectivity index is 2.49. The first-order valence-corrected chi connectivity index (χ1v) is 4.85. The molecule has 0 aliphatic rings. The van der Waals surface area contributed by atoms with Crippen molar-refractivity contribution in [3.63, 3.8) is 0 Å². The van der Waals surface area contributed by atoms with Crippen LogP contribution in [0.1, 0.15) is 18.7 Å². The molecule has 0 bridgehead atoms. The van der Waals surface area contributed by atoms with Crippen molar-refractivity contribution in [2.75, 3.05) is 5.88 Å². The fourth-order valence-electron chi connectivity index (χ4n) is 1.28. The van der Waals surface area contributed by atoms with Gasteiger partial charge in [0.2, 0.25) is 0 Å². The zero-order valence-corrected chi connectivity index (χ0v) is 8.17. The zero-order valence-electron chi connectivity index (χ0n) is 7.42. The van der Waals surface area contributed by atoms with Crippen LogP contribution in [0.15, 0.2) is 24.3 Å². The molecule has 1 unspecified atom stereocenters. The van der Waals surface area contributed by atoms with Gasteiger partial charge in [-0.3, -0.25) is 0 Å². The maximum Gasteiger partial charge on any atom is 0.111 e. The van der Waals surface area contributed by atoms with Crippen molar-refractivity contribution in [2.45, 2.75) is 12.8 Å². The predicted octanol–water partition coefficient (Wildman–Crippen LogP) is 2.91. The number of imidazole rings is 1. The van der Waals surface area contributed by atoms with Crippen LogP contribution in [0.4, 0.5) is 0 Å². The van der Waals surface area contributed by atoms with E-state index in [0.29, 0.717) is 5.88 Å². The van der Waals surface area contributed by atoms with Gasteiger partial charge >= 0.3 is 0 Å². The molecule has 3 heteroatoms. The predicted molar refractivity (Wildman–Crippen MR) is 55.2 cm³/mol. The second-order valence-electron chi connectivity index (χ2n) is 3.19. The topological polar surface area (TPSA) is 28.7 Å². The number of fused-ring (bicyclic) bond motifs is 1. The van der Waals surface area contributed by atoms with E-state index < -0.39 is 0 Å². The van der Waals surface area contributed by atoms with Crippen molar-refractivity contribution in [1.29, 1.82) is 0 Å². The summed E-state index contributed by atoms with van der Waals surface area (Å²) < 4.78 is 0. The molecule has 2 aromatic rings. The summed E-state index contributed by atoms with van der Waals surface area (Å²) in [6, 6.07) is 8.00. The molecule has 1 atom stereocenters. The largest absolute Gasteiger partial charge is 0.342 e. The minimum Gasteiger partial charge on any atom is -0.342 e. The summed E-state index contributed by atoms with van der Waals surface area (Å²) in [7, 11) is 0. The third kappa shape index (κ3) is 1.54. The number of para-hydroxylation sites is 2. The van der Waals surface area contributed by atoms with Gasteiger partial charge in [-0.05, 0) is 12.1 Å². The van der Waals surface area contributed by atoms with Crippen molar-refractivity contribution in [1.82, 2.24) is 9.97 Å². The van der Waals surface area contributed by atoms with Crippen LogP contribution in [-0.4, -0.2) is 15.8 Å². The molecule has 68 valence electrons. The van der Waals surface area contributed by atoms with E-state index >= 15 is 0 Å². The third-order valence-electron chi connectivity index (χ3n) is 2.11. The summed E-state index contributed by atoms with van der Waals surface area (Å²) in [6.45, 7) is 2.06. The first-order chi connectivity index (χ1) is 6.31. The fraction of sp³-hybridized carbons (Fsp3) is 0.300. The van der Waals surface area contributed by atoms with Gasteiger partial charge in [-0.15, -0.1) is 11.6 Å². The summed E-state index contributed by atoms with van der Waals surface area (Å²) >= 11 is 5.75. The van der Waals surface area contributed by atoms with Crippen molar-refractivity contribution < 1.29 is 0 Å². The molecule has 2 rings (SSSR count). The average Bonchev–Trinajstić information content (AvgIpc) is 2.59. The average molecular weight is 195 g/mol. The van der Waals surface area contributed by atoms with Crippen molar-refractivity contribution in [3.8, 4) is 0 Å². The van der Waals surface area contributed by atoms with Crippen molar-refractivity contribution >= 4 is 22.6 Å². The molecule has 13 heavy (non-hydrogen) atoms. The SMILES string of the molecule is CC(CCl)c1nc2ccccc2[nH]1. The number of halogens is 1. The smallest absolute Gasteiger partial charge is 0.111 e. The Morgan fingerprint density at radius 3 is 2.92 bits per heavy atom. The normalized spacial score (nSPS) is 13.4. The molecule has 0 aliphatic heterocycles. The number of nitrogens with one attached hydrogen (secondary N) is 1. The second-order valence-corrected chi connectivity index (χ2v) is 3.50. The molecule has 0 radical (unpaired) electrons. The van der Waals surface area contributed by atoms with E-state index in [1.165, 1.54) is 0 Å². The molecule has 0 fully saturated rings. The summed E-state index contributed by atoms with van der Waals surface area (Å²) in [5.74, 6) is 1.85. The van der Waals surface area contributed by atoms with Crippen LogP contribution >= 0.6 is 11.6 Å². The molecule has 1 heterocycles. The van der Waals surface area contributed by atoms with Gasteiger partial charge in [-0.2, -0.15) is 0 Å². The maximum absolute atomic E-state index is 5.75. The van der Waals surface area contributed by atoms with Crippen molar-refractivity contribution in [3.05, 3.63) is 30.1 Å². The lowest BCUT2D eigenvalue weighted by molar-refractivity contribution is 0.806. The monoisotopic (exact) mass is 194 g/mol. The second kappa shape index (κ2) is 3.38. The minimum absolute atomic E-state index is 0.286. The van der Waals surface area contributed by atoms with Crippen LogP contribution in [0.3, 0.4) is 0 Å². The van der Waals surface area contributed by atoms with E-state index in [0.717, 1.165) is 16.9 Å². The Kier molecular flexibility index (Phi) is 2.23. The Labute approximate surface area is 81.9 Å². The molecule has 1 aromatic carbocycles. The number of H-pyrrole nitrogens is 1. The summed E-state index contributed by atoms with van der Waals surface area (Å²) in [4.78, 5) is 7.69. The molecule has 0 amide bonds. The van der Waals surface area contributed by atoms with Gasteiger partial charge in [0.15, 0.2) is 0 Å². The summed E-state index contributed by atoms with van der Waals surface area (Å²) in [6.07, 6.45) is 0. The van der Waals surface area contributed by atoms with Gasteiger partial charge in [-0.25, -0.2) is 4.98 Å². The van der Waals surface area contributed by atoms with Crippen molar-refractivity contribution in [2.24, 2.45) is 0 Å². The fourth-order valence-corrected chi connectivity index (χ4v) is 1.43. The summed E-state index contributed by atoms with van der Waals surface area (Å²) in [5.41, 5.74) is 2.09. The highest BCUT2D eigenvalue weighted by Crippen LogP contribution is 2.17. The van der Waals surface area contributed by atoms with Gasteiger partial charge < -0.3 is 4.98 Å². The van der Waals surface area contributed by atoms with Gasteiger partial charge in [0, 0.05) is 11.8 Å². The first kappa shape index (κ1) is 8.57. The van der Waals surface area contributed by atoms with Crippen LogP contribution < -0.4 is 0 Å². The van der Waals surface area contributed by atoms with Crippen LogP contribution in [0, 0.1) is 0 Å². The van der Waals surface area contributed by atoms with Crippen LogP contribution in [0.5, 0.6) is 0 Å². The lowest BCUT2D eigenvalue weighted by Gasteiger charge is -2.00.